The van der Waals surface area contributed by atoms with Gasteiger partial charge in [-0.15, -0.1) is 0 Å². The van der Waals surface area contributed by atoms with Crippen LogP contribution in [-0.2, 0) is 6.18 Å². The number of hydrogen-bond acceptors (Lipinski definition) is 7. The number of rotatable bonds is 5. The number of piperazine rings is 1. The first-order valence-electron chi connectivity index (χ1n) is 11.2. The fraction of sp³-hybridized carbons (Fsp3) is 0.667. The van der Waals surface area contributed by atoms with Crippen LogP contribution in [-0.4, -0.2) is 77.2 Å². The summed E-state index contributed by atoms with van der Waals surface area (Å²) in [4.78, 5) is 19.4. The van der Waals surface area contributed by atoms with Gasteiger partial charge in [-0.1, -0.05) is 25.4 Å². The molecule has 3 aliphatic heterocycles. The summed E-state index contributed by atoms with van der Waals surface area (Å²) in [6.07, 6.45) is -1.16. The van der Waals surface area contributed by atoms with E-state index in [4.69, 9.17) is 16.6 Å². The molecule has 11 heteroatoms. The van der Waals surface area contributed by atoms with Crippen LogP contribution in [0.2, 0.25) is 5.15 Å². The first-order valence-corrected chi connectivity index (χ1v) is 11.6. The molecule has 3 saturated heterocycles. The lowest BCUT2D eigenvalue weighted by Gasteiger charge is -2.45. The molecule has 2 atom stereocenters. The summed E-state index contributed by atoms with van der Waals surface area (Å²) in [5.41, 5.74) is -1.16. The molecule has 3 fully saturated rings. The first-order chi connectivity index (χ1) is 15.3. The highest BCUT2D eigenvalue weighted by molar-refractivity contribution is 6.31. The molecule has 0 amide bonds. The monoisotopic (exact) mass is 469 g/mol. The van der Waals surface area contributed by atoms with Crippen molar-refractivity contribution in [2.24, 2.45) is 0 Å². The van der Waals surface area contributed by atoms with Crippen molar-refractivity contribution in [3.05, 3.63) is 16.9 Å². The van der Waals surface area contributed by atoms with Gasteiger partial charge in [0.15, 0.2) is 0 Å². The number of fused-ring (bicyclic) bond motifs is 3. The maximum Gasteiger partial charge on any atom is 0.421 e. The van der Waals surface area contributed by atoms with Gasteiger partial charge in [0.2, 0.25) is 5.95 Å². The van der Waals surface area contributed by atoms with Crippen molar-refractivity contribution in [2.75, 3.05) is 49.1 Å². The van der Waals surface area contributed by atoms with E-state index < -0.39 is 16.9 Å². The summed E-state index contributed by atoms with van der Waals surface area (Å²) in [6.45, 7) is 8.88. The van der Waals surface area contributed by atoms with Gasteiger partial charge in [-0.25, -0.2) is 9.97 Å². The SMILES string of the molecule is CCN(CC)C1CN(c2nc(N3CC4CCC(C3)N4)c3cnc(Cl)c(C(F)(F)F)c3n2)C1. The molecule has 0 radical (unpaired) electrons. The lowest BCUT2D eigenvalue weighted by molar-refractivity contribution is -0.136. The number of anilines is 2. The molecule has 2 unspecified atom stereocenters. The Bertz CT molecular complexity index is 995. The van der Waals surface area contributed by atoms with Gasteiger partial charge in [0.1, 0.15) is 16.5 Å². The van der Waals surface area contributed by atoms with Crippen LogP contribution >= 0.6 is 11.6 Å². The zero-order chi connectivity index (χ0) is 22.6. The summed E-state index contributed by atoms with van der Waals surface area (Å²) in [7, 11) is 0. The van der Waals surface area contributed by atoms with Crippen LogP contribution in [0.25, 0.3) is 10.9 Å². The molecule has 0 saturated carbocycles. The maximum atomic E-state index is 13.9. The lowest BCUT2D eigenvalue weighted by atomic mass is 10.1. The molecule has 3 aliphatic rings. The van der Waals surface area contributed by atoms with E-state index in [0.29, 0.717) is 61.5 Å². The van der Waals surface area contributed by atoms with Crippen molar-refractivity contribution < 1.29 is 13.2 Å². The zero-order valence-electron chi connectivity index (χ0n) is 18.2. The molecule has 174 valence electrons. The standard InChI is InChI=1S/C21H27ClF3N7/c1-3-30(4-2)14-10-32(11-14)20-28-17-15(7-26-18(22)16(17)21(23,24)25)19(29-20)31-8-12-5-6-13(9-31)27-12/h7,12-14,27H,3-6,8-11H2,1-2H3. The van der Waals surface area contributed by atoms with Crippen molar-refractivity contribution in [1.82, 2.24) is 25.2 Å². The van der Waals surface area contributed by atoms with Crippen LogP contribution in [0, 0.1) is 0 Å². The Morgan fingerprint density at radius 2 is 1.72 bits per heavy atom. The number of pyridine rings is 1. The molecule has 1 N–H and O–H groups in total. The second-order valence-electron chi connectivity index (χ2n) is 8.85. The van der Waals surface area contributed by atoms with Crippen LogP contribution in [0.15, 0.2) is 6.20 Å². The van der Waals surface area contributed by atoms with E-state index in [1.54, 1.807) is 0 Å². The van der Waals surface area contributed by atoms with Gasteiger partial charge in [-0.3, -0.25) is 4.90 Å². The highest BCUT2D eigenvalue weighted by atomic mass is 35.5. The second kappa shape index (κ2) is 8.14. The fourth-order valence-corrected chi connectivity index (χ4v) is 5.48. The lowest BCUT2D eigenvalue weighted by Crippen LogP contribution is -2.60. The second-order valence-corrected chi connectivity index (χ2v) is 9.21. The smallest absolute Gasteiger partial charge is 0.353 e. The minimum absolute atomic E-state index is 0.172. The molecule has 0 spiro atoms. The van der Waals surface area contributed by atoms with Gasteiger partial charge in [0, 0.05) is 50.5 Å². The van der Waals surface area contributed by atoms with E-state index in [1.807, 2.05) is 4.90 Å². The number of nitrogens with zero attached hydrogens (tertiary/aromatic N) is 6. The summed E-state index contributed by atoms with van der Waals surface area (Å²) in [6, 6.07) is 0.993. The van der Waals surface area contributed by atoms with Gasteiger partial charge in [0.25, 0.3) is 0 Å². The first kappa shape index (κ1) is 21.9. The molecule has 2 aromatic rings. The van der Waals surface area contributed by atoms with Crippen molar-refractivity contribution >= 4 is 34.3 Å². The molecular weight excluding hydrogens is 443 g/mol. The molecule has 2 aromatic heterocycles. The third-order valence-corrected chi connectivity index (χ3v) is 7.22. The van der Waals surface area contributed by atoms with E-state index in [0.717, 1.165) is 25.9 Å². The third-order valence-electron chi connectivity index (χ3n) is 6.94. The van der Waals surface area contributed by atoms with E-state index in [2.05, 4.69) is 38.9 Å². The zero-order valence-corrected chi connectivity index (χ0v) is 18.9. The van der Waals surface area contributed by atoms with Crippen molar-refractivity contribution in [3.8, 4) is 0 Å². The van der Waals surface area contributed by atoms with Crippen molar-refractivity contribution in [3.63, 3.8) is 0 Å². The summed E-state index contributed by atoms with van der Waals surface area (Å²) >= 11 is 5.93. The number of hydrogen-bond donors (Lipinski definition) is 1. The maximum absolute atomic E-state index is 13.9. The molecular formula is C21H27ClF3N7. The number of halogens is 4. The molecule has 0 aliphatic carbocycles. The number of likely N-dealkylation sites (N-methyl/N-ethyl adjacent to an activating group) is 1. The van der Waals surface area contributed by atoms with Crippen molar-refractivity contribution in [1.29, 1.82) is 0 Å². The van der Waals surface area contributed by atoms with Gasteiger partial charge in [-0.05, 0) is 25.9 Å². The quantitative estimate of drug-likeness (QED) is 0.675. The largest absolute Gasteiger partial charge is 0.421 e. The normalized spacial score (nSPS) is 24.0. The topological polar surface area (TPSA) is 60.4 Å². The summed E-state index contributed by atoms with van der Waals surface area (Å²) in [5.74, 6) is 0.846. The Labute approximate surface area is 189 Å². The number of alkyl halides is 3. The minimum atomic E-state index is -4.66. The van der Waals surface area contributed by atoms with E-state index in [-0.39, 0.29) is 5.52 Å². The summed E-state index contributed by atoms with van der Waals surface area (Å²) < 4.78 is 41.8. The fourth-order valence-electron chi connectivity index (χ4n) is 5.23. The van der Waals surface area contributed by atoms with E-state index in [9.17, 15) is 13.2 Å². The van der Waals surface area contributed by atoms with Gasteiger partial charge in [-0.2, -0.15) is 18.2 Å². The Hall–Kier alpha value is -1.91. The average Bonchev–Trinajstić information content (AvgIpc) is 3.05. The molecule has 2 bridgehead atoms. The van der Waals surface area contributed by atoms with Crippen molar-refractivity contribution in [2.45, 2.75) is 51.0 Å². The van der Waals surface area contributed by atoms with Crippen LogP contribution in [0.5, 0.6) is 0 Å². The third kappa shape index (κ3) is 3.76. The molecule has 32 heavy (non-hydrogen) atoms. The van der Waals surface area contributed by atoms with Crippen LogP contribution in [0.1, 0.15) is 32.3 Å². The van der Waals surface area contributed by atoms with E-state index in [1.165, 1.54) is 6.20 Å². The average molecular weight is 470 g/mol. The van der Waals surface area contributed by atoms with E-state index >= 15 is 0 Å². The predicted octanol–water partition coefficient (Wildman–Crippen LogP) is 3.17. The molecule has 7 nitrogen and oxygen atoms in total. The predicted molar refractivity (Wildman–Crippen MR) is 118 cm³/mol. The highest BCUT2D eigenvalue weighted by Crippen LogP contribution is 2.41. The Morgan fingerprint density at radius 3 is 2.31 bits per heavy atom. The Kier molecular flexibility index (Phi) is 5.58. The summed E-state index contributed by atoms with van der Waals surface area (Å²) in [5, 5.41) is 3.28. The Balaban J connectivity index is 1.59. The van der Waals surface area contributed by atoms with Gasteiger partial charge >= 0.3 is 6.18 Å². The molecule has 0 aromatic carbocycles. The number of nitrogens with one attached hydrogen (secondary N) is 1. The Morgan fingerprint density at radius 1 is 1.06 bits per heavy atom. The van der Waals surface area contributed by atoms with Crippen LogP contribution in [0.4, 0.5) is 24.9 Å². The van der Waals surface area contributed by atoms with Gasteiger partial charge in [0.05, 0.1) is 10.9 Å². The minimum Gasteiger partial charge on any atom is -0.353 e. The van der Waals surface area contributed by atoms with Crippen LogP contribution in [0.3, 0.4) is 0 Å². The van der Waals surface area contributed by atoms with Crippen LogP contribution < -0.4 is 15.1 Å². The van der Waals surface area contributed by atoms with Gasteiger partial charge < -0.3 is 15.1 Å². The molecule has 5 heterocycles. The molecule has 5 rings (SSSR count). The highest BCUT2D eigenvalue weighted by Gasteiger charge is 2.40. The number of aromatic nitrogens is 3.